The molecule has 1 rings (SSSR count). The zero-order valence-corrected chi connectivity index (χ0v) is 8.97. The van der Waals surface area contributed by atoms with Gasteiger partial charge in [-0.1, -0.05) is 19.3 Å². The third kappa shape index (κ3) is 2.30. The van der Waals surface area contributed by atoms with Gasteiger partial charge in [0.15, 0.2) is 0 Å². The molecule has 0 aliphatic carbocycles. The summed E-state index contributed by atoms with van der Waals surface area (Å²) in [7, 11) is 0. The van der Waals surface area contributed by atoms with E-state index in [1.165, 1.54) is 16.7 Å². The zero-order chi connectivity index (χ0) is 10.6. The number of hydrogen-bond donors (Lipinski definition) is 0. The minimum atomic E-state index is -0.346. The number of rotatable bonds is 3. The van der Waals surface area contributed by atoms with Crippen molar-refractivity contribution in [1.82, 2.24) is 4.90 Å². The number of amides is 2. The van der Waals surface area contributed by atoms with Crippen molar-refractivity contribution in [3.05, 3.63) is 0 Å². The Bertz CT molecular complexity index is 266. The van der Waals surface area contributed by atoms with E-state index < -0.39 is 0 Å². The quantitative estimate of drug-likeness (QED) is 0.514. The molecule has 2 amide bonds. The Labute approximate surface area is 88.2 Å². The largest absolute Gasteiger partial charge is 0.273 e. The van der Waals surface area contributed by atoms with E-state index >= 15 is 0 Å². The summed E-state index contributed by atoms with van der Waals surface area (Å²) in [5, 5.41) is 0. The average molecular weight is 211 g/mol. The predicted octanol–water partition coefficient (Wildman–Crippen LogP) is 0.890. The van der Waals surface area contributed by atoms with Crippen LogP contribution in [0.1, 0.15) is 19.8 Å². The average Bonchev–Trinajstić information content (AvgIpc) is 2.16. The molecule has 1 saturated heterocycles. The summed E-state index contributed by atoms with van der Waals surface area (Å²) in [6, 6.07) is -0.346. The topological polar surface area (TPSA) is 37.4 Å². The Morgan fingerprint density at radius 3 is 2.50 bits per heavy atom. The lowest BCUT2D eigenvalue weighted by Gasteiger charge is -2.29. The molecule has 0 N–H and O–H groups in total. The fourth-order valence-electron chi connectivity index (χ4n) is 1.41. The Kier molecular flexibility index (Phi) is 4.02. The van der Waals surface area contributed by atoms with Gasteiger partial charge in [-0.2, -0.15) is 0 Å². The SMILES string of the molecule is C#CC(CCC)N1C(=O)CSCC1=O. The molecule has 0 spiro atoms. The van der Waals surface area contributed by atoms with Gasteiger partial charge in [0.1, 0.15) is 6.04 Å². The molecule has 3 nitrogen and oxygen atoms in total. The lowest BCUT2D eigenvalue weighted by molar-refractivity contribution is -0.143. The van der Waals surface area contributed by atoms with Crippen LogP contribution in [0, 0.1) is 12.3 Å². The van der Waals surface area contributed by atoms with Crippen LogP contribution in [0.5, 0.6) is 0 Å². The molecule has 0 aromatic rings. The maximum atomic E-state index is 11.5. The first-order valence-electron chi connectivity index (χ1n) is 4.59. The van der Waals surface area contributed by atoms with E-state index in [0.717, 1.165) is 6.42 Å². The van der Waals surface area contributed by atoms with Crippen LogP contribution in [0.15, 0.2) is 0 Å². The first-order chi connectivity index (χ1) is 6.70. The number of carbonyl (C=O) groups is 2. The number of imide groups is 1. The molecule has 0 aromatic heterocycles. The van der Waals surface area contributed by atoms with Crippen LogP contribution in [0.3, 0.4) is 0 Å². The van der Waals surface area contributed by atoms with Gasteiger partial charge in [-0.3, -0.25) is 14.5 Å². The van der Waals surface area contributed by atoms with Crippen LogP contribution < -0.4 is 0 Å². The fourth-order valence-corrected chi connectivity index (χ4v) is 2.14. The van der Waals surface area contributed by atoms with E-state index in [-0.39, 0.29) is 17.9 Å². The van der Waals surface area contributed by atoms with Crippen molar-refractivity contribution in [1.29, 1.82) is 0 Å². The monoisotopic (exact) mass is 211 g/mol. The highest BCUT2D eigenvalue weighted by atomic mass is 32.2. The third-order valence-electron chi connectivity index (χ3n) is 2.05. The molecule has 0 radical (unpaired) electrons. The minimum absolute atomic E-state index is 0.150. The molecule has 0 bridgehead atoms. The normalized spacial score (nSPS) is 19.3. The lowest BCUT2D eigenvalue weighted by Crippen LogP contribution is -2.48. The summed E-state index contributed by atoms with van der Waals surface area (Å²) in [6.45, 7) is 1.98. The lowest BCUT2D eigenvalue weighted by atomic mass is 10.1. The fraction of sp³-hybridized carbons (Fsp3) is 0.600. The van der Waals surface area contributed by atoms with E-state index in [4.69, 9.17) is 6.42 Å². The Balaban J connectivity index is 2.75. The number of thioether (sulfide) groups is 1. The highest BCUT2D eigenvalue weighted by Gasteiger charge is 2.31. The molecule has 14 heavy (non-hydrogen) atoms. The van der Waals surface area contributed by atoms with Crippen molar-refractivity contribution in [2.45, 2.75) is 25.8 Å². The molecule has 76 valence electrons. The van der Waals surface area contributed by atoms with Gasteiger partial charge in [0, 0.05) is 0 Å². The summed E-state index contributed by atoms with van der Waals surface area (Å²) >= 11 is 1.35. The van der Waals surface area contributed by atoms with Crippen LogP contribution in [-0.4, -0.2) is 34.3 Å². The summed E-state index contributed by atoms with van der Waals surface area (Å²) in [5.74, 6) is 2.95. The molecular weight excluding hydrogens is 198 g/mol. The van der Waals surface area contributed by atoms with Crippen LogP contribution in [0.2, 0.25) is 0 Å². The van der Waals surface area contributed by atoms with Crippen molar-refractivity contribution in [2.75, 3.05) is 11.5 Å². The van der Waals surface area contributed by atoms with Crippen molar-refractivity contribution in [3.63, 3.8) is 0 Å². The first kappa shape index (κ1) is 11.1. The molecule has 1 fully saturated rings. The molecule has 1 atom stereocenters. The molecular formula is C10H13NO2S. The van der Waals surface area contributed by atoms with Crippen LogP contribution >= 0.6 is 11.8 Å². The van der Waals surface area contributed by atoms with Crippen LogP contribution in [0.25, 0.3) is 0 Å². The Morgan fingerprint density at radius 1 is 1.50 bits per heavy atom. The second kappa shape index (κ2) is 5.06. The van der Waals surface area contributed by atoms with E-state index in [2.05, 4.69) is 5.92 Å². The summed E-state index contributed by atoms with van der Waals surface area (Å²) in [5.41, 5.74) is 0. The van der Waals surface area contributed by atoms with E-state index in [9.17, 15) is 9.59 Å². The van der Waals surface area contributed by atoms with E-state index in [1.807, 2.05) is 6.92 Å². The maximum Gasteiger partial charge on any atom is 0.240 e. The molecule has 0 saturated carbocycles. The second-order valence-electron chi connectivity index (χ2n) is 3.12. The molecule has 4 heteroatoms. The van der Waals surface area contributed by atoms with Gasteiger partial charge in [0.2, 0.25) is 11.8 Å². The number of carbonyl (C=O) groups excluding carboxylic acids is 2. The molecule has 1 aliphatic heterocycles. The highest BCUT2D eigenvalue weighted by Crippen LogP contribution is 2.17. The smallest absolute Gasteiger partial charge is 0.240 e. The second-order valence-corrected chi connectivity index (χ2v) is 4.11. The summed E-state index contributed by atoms with van der Waals surface area (Å²) in [4.78, 5) is 24.2. The summed E-state index contributed by atoms with van der Waals surface area (Å²) < 4.78 is 0. The van der Waals surface area contributed by atoms with Gasteiger partial charge in [0.25, 0.3) is 0 Å². The van der Waals surface area contributed by atoms with Crippen molar-refractivity contribution >= 4 is 23.6 Å². The van der Waals surface area contributed by atoms with E-state index in [0.29, 0.717) is 17.9 Å². The third-order valence-corrected chi connectivity index (χ3v) is 2.96. The van der Waals surface area contributed by atoms with Crippen molar-refractivity contribution in [2.24, 2.45) is 0 Å². The zero-order valence-electron chi connectivity index (χ0n) is 8.16. The Hall–Kier alpha value is -0.950. The number of hydrogen-bond acceptors (Lipinski definition) is 3. The van der Waals surface area contributed by atoms with Gasteiger partial charge in [-0.25, -0.2) is 0 Å². The van der Waals surface area contributed by atoms with Crippen molar-refractivity contribution in [3.8, 4) is 12.3 Å². The maximum absolute atomic E-state index is 11.5. The van der Waals surface area contributed by atoms with Crippen molar-refractivity contribution < 1.29 is 9.59 Å². The van der Waals surface area contributed by atoms with Gasteiger partial charge in [-0.05, 0) is 6.42 Å². The highest BCUT2D eigenvalue weighted by molar-refractivity contribution is 8.00. The van der Waals surface area contributed by atoms with Gasteiger partial charge >= 0.3 is 0 Å². The Morgan fingerprint density at radius 2 is 2.07 bits per heavy atom. The molecule has 1 unspecified atom stereocenters. The van der Waals surface area contributed by atoms with Gasteiger partial charge in [-0.15, -0.1) is 18.2 Å². The molecule has 1 aliphatic rings. The van der Waals surface area contributed by atoms with Crippen LogP contribution in [0.4, 0.5) is 0 Å². The van der Waals surface area contributed by atoms with Gasteiger partial charge < -0.3 is 0 Å². The predicted molar refractivity (Wildman–Crippen MR) is 56.7 cm³/mol. The summed E-state index contributed by atoms with van der Waals surface area (Å²) in [6.07, 6.45) is 6.88. The van der Waals surface area contributed by atoms with E-state index in [1.54, 1.807) is 0 Å². The van der Waals surface area contributed by atoms with Crippen LogP contribution in [-0.2, 0) is 9.59 Å². The number of terminal acetylenes is 1. The minimum Gasteiger partial charge on any atom is -0.273 e. The molecule has 1 heterocycles. The standard InChI is InChI=1S/C10H13NO2S/c1-3-5-8(4-2)11-9(12)6-14-7-10(11)13/h2,8H,3,5-7H2,1H3. The number of nitrogens with zero attached hydrogens (tertiary/aromatic N) is 1. The first-order valence-corrected chi connectivity index (χ1v) is 5.75. The van der Waals surface area contributed by atoms with Gasteiger partial charge in [0.05, 0.1) is 11.5 Å². The molecule has 0 aromatic carbocycles.